The summed E-state index contributed by atoms with van der Waals surface area (Å²) in [5.74, 6) is -1.20. The first-order valence-electron chi connectivity index (χ1n) is 5.62. The molecule has 1 atom stereocenters. The van der Waals surface area contributed by atoms with Gasteiger partial charge in [-0.3, -0.25) is 10.1 Å². The van der Waals surface area contributed by atoms with Crippen LogP contribution < -0.4 is 5.32 Å². The van der Waals surface area contributed by atoms with Gasteiger partial charge in [-0.05, 0) is 43.5 Å². The highest BCUT2D eigenvalue weighted by molar-refractivity contribution is 5.78. The third-order valence-electron chi connectivity index (χ3n) is 3.16. The van der Waals surface area contributed by atoms with Gasteiger partial charge in [0, 0.05) is 6.54 Å². The second-order valence-corrected chi connectivity index (χ2v) is 4.42. The maximum atomic E-state index is 13.1. The van der Waals surface area contributed by atoms with Crippen LogP contribution in [0, 0.1) is 12.7 Å². The molecule has 1 aromatic rings. The maximum Gasteiger partial charge on any atom is 0.323 e. The first-order chi connectivity index (χ1) is 7.89. The molecule has 0 bridgehead atoms. The molecule has 3 nitrogen and oxygen atoms in total. The standard InChI is InChI=1S/C13H18FNO2/c1-4-13(3,12(16)17)15-8-10-7-11(14)6-5-9(10)2/h5-7,15H,4,8H2,1-3H3,(H,16,17). The summed E-state index contributed by atoms with van der Waals surface area (Å²) in [5.41, 5.74) is 0.757. The van der Waals surface area contributed by atoms with Gasteiger partial charge < -0.3 is 5.11 Å². The van der Waals surface area contributed by atoms with Gasteiger partial charge in [0.05, 0.1) is 0 Å². The molecule has 0 spiro atoms. The Morgan fingerprint density at radius 1 is 1.53 bits per heavy atom. The van der Waals surface area contributed by atoms with Crippen molar-refractivity contribution in [2.45, 2.75) is 39.3 Å². The van der Waals surface area contributed by atoms with E-state index in [-0.39, 0.29) is 5.82 Å². The zero-order valence-corrected chi connectivity index (χ0v) is 10.4. The SMILES string of the molecule is CCC(C)(NCc1cc(F)ccc1C)C(=O)O. The van der Waals surface area contributed by atoms with Crippen LogP contribution in [0.15, 0.2) is 18.2 Å². The van der Waals surface area contributed by atoms with Gasteiger partial charge in [0.1, 0.15) is 11.4 Å². The van der Waals surface area contributed by atoms with E-state index < -0.39 is 11.5 Å². The molecule has 0 aliphatic rings. The van der Waals surface area contributed by atoms with Crippen molar-refractivity contribution in [2.75, 3.05) is 0 Å². The van der Waals surface area contributed by atoms with E-state index in [0.29, 0.717) is 13.0 Å². The van der Waals surface area contributed by atoms with E-state index >= 15 is 0 Å². The largest absolute Gasteiger partial charge is 0.480 e. The normalized spacial score (nSPS) is 14.4. The number of aliphatic carboxylic acids is 1. The summed E-state index contributed by atoms with van der Waals surface area (Å²) in [6, 6.07) is 4.52. The molecule has 0 fully saturated rings. The van der Waals surface area contributed by atoms with E-state index in [0.717, 1.165) is 11.1 Å². The topological polar surface area (TPSA) is 49.3 Å². The second-order valence-electron chi connectivity index (χ2n) is 4.42. The average Bonchev–Trinajstić information content (AvgIpc) is 2.29. The van der Waals surface area contributed by atoms with Crippen molar-refractivity contribution in [2.24, 2.45) is 0 Å². The Kier molecular flexibility index (Phi) is 4.23. The Bertz CT molecular complexity index is 420. The molecular formula is C13H18FNO2. The van der Waals surface area contributed by atoms with Crippen LogP contribution in [0.2, 0.25) is 0 Å². The van der Waals surface area contributed by atoms with E-state index in [9.17, 15) is 9.18 Å². The summed E-state index contributed by atoms with van der Waals surface area (Å²) >= 11 is 0. The van der Waals surface area contributed by atoms with Crippen molar-refractivity contribution < 1.29 is 14.3 Å². The van der Waals surface area contributed by atoms with Crippen LogP contribution in [0.3, 0.4) is 0 Å². The Morgan fingerprint density at radius 3 is 2.71 bits per heavy atom. The van der Waals surface area contributed by atoms with E-state index in [4.69, 9.17) is 5.11 Å². The highest BCUT2D eigenvalue weighted by Crippen LogP contribution is 2.14. The van der Waals surface area contributed by atoms with Gasteiger partial charge in [-0.15, -0.1) is 0 Å². The summed E-state index contributed by atoms with van der Waals surface area (Å²) in [6.45, 7) is 5.66. The lowest BCUT2D eigenvalue weighted by molar-refractivity contribution is -0.144. The average molecular weight is 239 g/mol. The van der Waals surface area contributed by atoms with Gasteiger partial charge in [0.25, 0.3) is 0 Å². The Hall–Kier alpha value is -1.42. The minimum absolute atomic E-state index is 0.305. The van der Waals surface area contributed by atoms with Gasteiger partial charge in [0.2, 0.25) is 0 Å². The van der Waals surface area contributed by atoms with Gasteiger partial charge in [-0.2, -0.15) is 0 Å². The number of carboxylic acids is 1. The van der Waals surface area contributed by atoms with E-state index in [1.165, 1.54) is 12.1 Å². The van der Waals surface area contributed by atoms with Crippen molar-refractivity contribution in [1.29, 1.82) is 0 Å². The molecule has 4 heteroatoms. The fourth-order valence-corrected chi connectivity index (χ4v) is 1.47. The number of benzene rings is 1. The van der Waals surface area contributed by atoms with Crippen molar-refractivity contribution in [3.05, 3.63) is 35.1 Å². The Morgan fingerprint density at radius 2 is 2.18 bits per heavy atom. The van der Waals surface area contributed by atoms with Crippen LogP contribution in [-0.4, -0.2) is 16.6 Å². The van der Waals surface area contributed by atoms with Crippen molar-refractivity contribution in [3.63, 3.8) is 0 Å². The molecule has 1 aromatic carbocycles. The lowest BCUT2D eigenvalue weighted by atomic mass is 9.98. The molecule has 0 heterocycles. The Balaban J connectivity index is 2.79. The monoisotopic (exact) mass is 239 g/mol. The third kappa shape index (κ3) is 3.27. The maximum absolute atomic E-state index is 13.1. The number of carbonyl (C=O) groups is 1. The van der Waals surface area contributed by atoms with Crippen LogP contribution in [0.1, 0.15) is 31.4 Å². The number of nitrogens with one attached hydrogen (secondary N) is 1. The molecule has 0 amide bonds. The van der Waals surface area contributed by atoms with Crippen LogP contribution >= 0.6 is 0 Å². The zero-order chi connectivity index (χ0) is 13.1. The number of rotatable bonds is 5. The number of halogens is 1. The smallest absolute Gasteiger partial charge is 0.323 e. The minimum atomic E-state index is -0.973. The molecule has 94 valence electrons. The highest BCUT2D eigenvalue weighted by atomic mass is 19.1. The first kappa shape index (κ1) is 13.6. The van der Waals surface area contributed by atoms with Crippen LogP contribution in [0.4, 0.5) is 4.39 Å². The van der Waals surface area contributed by atoms with E-state index in [1.807, 2.05) is 6.92 Å². The van der Waals surface area contributed by atoms with Crippen molar-refractivity contribution >= 4 is 5.97 Å². The molecular weight excluding hydrogens is 221 g/mol. The van der Waals surface area contributed by atoms with Gasteiger partial charge >= 0.3 is 5.97 Å². The van der Waals surface area contributed by atoms with Crippen LogP contribution in [-0.2, 0) is 11.3 Å². The number of carboxylic acid groups (broad SMARTS) is 1. The fraction of sp³-hybridized carbons (Fsp3) is 0.462. The third-order valence-corrected chi connectivity index (χ3v) is 3.16. The first-order valence-corrected chi connectivity index (χ1v) is 5.62. The summed E-state index contributed by atoms with van der Waals surface area (Å²) in [5, 5.41) is 12.1. The van der Waals surface area contributed by atoms with Crippen LogP contribution in [0.5, 0.6) is 0 Å². The zero-order valence-electron chi connectivity index (χ0n) is 10.4. The number of hydrogen-bond acceptors (Lipinski definition) is 2. The summed E-state index contributed by atoms with van der Waals surface area (Å²) in [7, 11) is 0. The molecule has 2 N–H and O–H groups in total. The predicted molar refractivity (Wildman–Crippen MR) is 64.3 cm³/mol. The molecule has 0 radical (unpaired) electrons. The number of aryl methyl sites for hydroxylation is 1. The highest BCUT2D eigenvalue weighted by Gasteiger charge is 2.30. The molecule has 0 aromatic heterocycles. The van der Waals surface area contributed by atoms with Gasteiger partial charge in [-0.25, -0.2) is 4.39 Å². The summed E-state index contributed by atoms with van der Waals surface area (Å²) < 4.78 is 13.1. The van der Waals surface area contributed by atoms with Gasteiger partial charge in [0.15, 0.2) is 0 Å². The molecule has 0 saturated carbocycles. The number of hydrogen-bond donors (Lipinski definition) is 2. The quantitative estimate of drug-likeness (QED) is 0.830. The predicted octanol–water partition coefficient (Wildman–Crippen LogP) is 2.48. The molecule has 17 heavy (non-hydrogen) atoms. The van der Waals surface area contributed by atoms with Gasteiger partial charge in [-0.1, -0.05) is 13.0 Å². The van der Waals surface area contributed by atoms with Crippen molar-refractivity contribution in [3.8, 4) is 0 Å². The summed E-state index contributed by atoms with van der Waals surface area (Å²) in [6.07, 6.45) is 0.469. The second kappa shape index (κ2) is 5.27. The van der Waals surface area contributed by atoms with Crippen molar-refractivity contribution in [1.82, 2.24) is 5.32 Å². The molecule has 1 rings (SSSR count). The van der Waals surface area contributed by atoms with Crippen LogP contribution in [0.25, 0.3) is 0 Å². The minimum Gasteiger partial charge on any atom is -0.480 e. The van der Waals surface area contributed by atoms with E-state index in [1.54, 1.807) is 19.9 Å². The molecule has 0 aliphatic heterocycles. The Labute approximate surface area is 101 Å². The fourth-order valence-electron chi connectivity index (χ4n) is 1.47. The molecule has 1 unspecified atom stereocenters. The molecule has 0 aliphatic carbocycles. The molecule has 0 saturated heterocycles. The van der Waals surface area contributed by atoms with E-state index in [2.05, 4.69) is 5.32 Å². The summed E-state index contributed by atoms with van der Waals surface area (Å²) in [4.78, 5) is 11.1. The lowest BCUT2D eigenvalue weighted by Crippen LogP contribution is -2.48. The lowest BCUT2D eigenvalue weighted by Gasteiger charge is -2.25.